The lowest BCUT2D eigenvalue weighted by Crippen LogP contribution is -2.55. The van der Waals surface area contributed by atoms with Crippen LogP contribution < -0.4 is 0 Å². The molecule has 2 rings (SSSR count). The highest BCUT2D eigenvalue weighted by Crippen LogP contribution is 2.17. The van der Waals surface area contributed by atoms with E-state index in [1.54, 1.807) is 11.8 Å². The van der Waals surface area contributed by atoms with Crippen LogP contribution in [0.15, 0.2) is 12.1 Å². The van der Waals surface area contributed by atoms with Gasteiger partial charge in [0.1, 0.15) is 11.4 Å². The summed E-state index contributed by atoms with van der Waals surface area (Å²) in [5.74, 6) is -1.40. The average molecular weight is 329 g/mol. The minimum atomic E-state index is -3.29. The van der Waals surface area contributed by atoms with Gasteiger partial charge in [0.05, 0.1) is 6.26 Å². The van der Waals surface area contributed by atoms with Gasteiger partial charge in [0.2, 0.25) is 10.0 Å². The van der Waals surface area contributed by atoms with Gasteiger partial charge in [-0.2, -0.15) is 4.31 Å². The summed E-state index contributed by atoms with van der Waals surface area (Å²) in [5.41, 5.74) is 0.309. The maximum atomic E-state index is 12.5. The number of hydrogen-bond acceptors (Lipinski definition) is 4. The van der Waals surface area contributed by atoms with Crippen LogP contribution >= 0.6 is 0 Å². The monoisotopic (exact) mass is 329 g/mol. The highest BCUT2D eigenvalue weighted by Gasteiger charge is 2.33. The molecule has 1 aliphatic heterocycles. The first-order valence-corrected chi connectivity index (χ1v) is 8.63. The largest absolute Gasteiger partial charge is 0.477 e. The van der Waals surface area contributed by atoms with E-state index < -0.39 is 16.0 Å². The van der Waals surface area contributed by atoms with Crippen LogP contribution in [0.25, 0.3) is 0 Å². The summed E-state index contributed by atoms with van der Waals surface area (Å²) in [6.45, 7) is 2.54. The Kier molecular flexibility index (Phi) is 4.30. The number of aromatic nitrogens is 1. The molecular weight excluding hydrogens is 310 g/mol. The van der Waals surface area contributed by atoms with Gasteiger partial charge in [-0.1, -0.05) is 0 Å². The van der Waals surface area contributed by atoms with E-state index in [9.17, 15) is 18.0 Å². The molecule has 1 saturated heterocycles. The molecule has 1 atom stereocenters. The van der Waals surface area contributed by atoms with E-state index in [4.69, 9.17) is 5.11 Å². The van der Waals surface area contributed by atoms with Crippen molar-refractivity contribution >= 4 is 21.9 Å². The zero-order valence-electron chi connectivity index (χ0n) is 12.7. The molecule has 0 unspecified atom stereocenters. The van der Waals surface area contributed by atoms with Crippen molar-refractivity contribution in [2.45, 2.75) is 13.0 Å². The first-order valence-electron chi connectivity index (χ1n) is 6.78. The van der Waals surface area contributed by atoms with E-state index in [0.29, 0.717) is 0 Å². The smallest absolute Gasteiger partial charge is 0.352 e. The lowest BCUT2D eigenvalue weighted by molar-refractivity contribution is 0.0631. The highest BCUT2D eigenvalue weighted by atomic mass is 32.2. The number of carboxylic acid groups (broad SMARTS) is 1. The molecule has 1 N–H and O–H groups in total. The molecule has 0 saturated carbocycles. The van der Waals surface area contributed by atoms with E-state index in [0.717, 1.165) is 6.26 Å². The number of hydrogen-bond donors (Lipinski definition) is 1. The molecule has 0 spiro atoms. The zero-order chi connectivity index (χ0) is 16.7. The van der Waals surface area contributed by atoms with Crippen LogP contribution in [0.1, 0.15) is 27.9 Å². The fourth-order valence-electron chi connectivity index (χ4n) is 2.72. The Morgan fingerprint density at radius 2 is 1.82 bits per heavy atom. The topological polar surface area (TPSA) is 99.9 Å². The van der Waals surface area contributed by atoms with Crippen molar-refractivity contribution in [1.82, 2.24) is 13.8 Å². The summed E-state index contributed by atoms with van der Waals surface area (Å²) in [6, 6.07) is 2.54. The van der Waals surface area contributed by atoms with E-state index in [1.165, 1.54) is 28.1 Å². The Morgan fingerprint density at radius 3 is 2.27 bits per heavy atom. The molecule has 122 valence electrons. The van der Waals surface area contributed by atoms with Gasteiger partial charge in [0.25, 0.3) is 5.91 Å². The van der Waals surface area contributed by atoms with Crippen LogP contribution in [-0.4, -0.2) is 71.1 Å². The van der Waals surface area contributed by atoms with Crippen LogP contribution in [0.4, 0.5) is 0 Å². The van der Waals surface area contributed by atoms with Gasteiger partial charge in [-0.05, 0) is 19.1 Å². The van der Waals surface area contributed by atoms with Crippen molar-refractivity contribution < 1.29 is 23.1 Å². The summed E-state index contributed by atoms with van der Waals surface area (Å²) in [6.07, 6.45) is 1.15. The summed E-state index contributed by atoms with van der Waals surface area (Å²) in [5, 5.41) is 9.02. The third-order valence-corrected chi connectivity index (χ3v) is 5.23. The van der Waals surface area contributed by atoms with Crippen LogP contribution in [-0.2, 0) is 17.1 Å². The zero-order valence-corrected chi connectivity index (χ0v) is 13.5. The van der Waals surface area contributed by atoms with Crippen molar-refractivity contribution in [3.63, 3.8) is 0 Å². The first-order chi connectivity index (χ1) is 10.1. The van der Waals surface area contributed by atoms with E-state index in [1.807, 2.05) is 0 Å². The quantitative estimate of drug-likeness (QED) is 0.830. The second-order valence-corrected chi connectivity index (χ2v) is 7.38. The fourth-order valence-corrected chi connectivity index (χ4v) is 3.85. The van der Waals surface area contributed by atoms with Crippen LogP contribution in [0.3, 0.4) is 0 Å². The Labute approximate surface area is 129 Å². The minimum Gasteiger partial charge on any atom is -0.477 e. The van der Waals surface area contributed by atoms with Gasteiger partial charge in [0, 0.05) is 32.7 Å². The number of aromatic carboxylic acids is 1. The van der Waals surface area contributed by atoms with Crippen LogP contribution in [0.2, 0.25) is 0 Å². The van der Waals surface area contributed by atoms with E-state index >= 15 is 0 Å². The summed E-state index contributed by atoms with van der Waals surface area (Å²) in [4.78, 5) is 25.1. The summed E-state index contributed by atoms with van der Waals surface area (Å²) in [7, 11) is -1.77. The molecule has 0 aromatic carbocycles. The van der Waals surface area contributed by atoms with Crippen molar-refractivity contribution in [2.24, 2.45) is 7.05 Å². The van der Waals surface area contributed by atoms with Gasteiger partial charge in [-0.25, -0.2) is 13.2 Å². The van der Waals surface area contributed by atoms with E-state index in [2.05, 4.69) is 0 Å². The lowest BCUT2D eigenvalue weighted by atomic mass is 10.2. The second kappa shape index (κ2) is 5.73. The Morgan fingerprint density at radius 1 is 1.23 bits per heavy atom. The molecule has 0 aliphatic carbocycles. The Bertz CT molecular complexity index is 709. The number of carbonyl (C=O) groups is 2. The molecule has 0 radical (unpaired) electrons. The van der Waals surface area contributed by atoms with Gasteiger partial charge < -0.3 is 14.6 Å². The van der Waals surface area contributed by atoms with Crippen LogP contribution in [0.5, 0.6) is 0 Å². The number of carboxylic acids is 1. The SMILES string of the molecule is C[C@H]1CN(C(=O)c2ccc(C(=O)O)n2C)CCN1S(C)(=O)=O. The number of piperazine rings is 1. The van der Waals surface area contributed by atoms with Crippen molar-refractivity contribution in [3.05, 3.63) is 23.5 Å². The lowest BCUT2D eigenvalue weighted by Gasteiger charge is -2.38. The molecule has 8 nitrogen and oxygen atoms in total. The predicted molar refractivity (Wildman–Crippen MR) is 79.3 cm³/mol. The molecule has 22 heavy (non-hydrogen) atoms. The van der Waals surface area contributed by atoms with E-state index in [-0.39, 0.29) is 43.0 Å². The molecule has 9 heteroatoms. The normalized spacial score (nSPS) is 20.1. The fraction of sp³-hybridized carbons (Fsp3) is 0.538. The molecule has 1 aromatic heterocycles. The first kappa shape index (κ1) is 16.5. The average Bonchev–Trinajstić information content (AvgIpc) is 2.78. The number of carbonyl (C=O) groups excluding carboxylic acids is 1. The third kappa shape index (κ3) is 3.00. The molecule has 1 aromatic rings. The summed E-state index contributed by atoms with van der Waals surface area (Å²) >= 11 is 0. The molecule has 1 aliphatic rings. The molecular formula is C13H19N3O5S. The standard InChI is InChI=1S/C13H19N3O5S/c1-9-8-15(6-7-16(9)22(3,20)21)12(17)10-4-5-11(13(18)19)14(10)2/h4-5,9H,6-8H2,1-3H3,(H,18,19)/t9-/m0/s1. The molecule has 0 bridgehead atoms. The molecule has 1 fully saturated rings. The maximum absolute atomic E-state index is 12.5. The number of amides is 1. The van der Waals surface area contributed by atoms with Crippen LogP contribution in [0, 0.1) is 0 Å². The highest BCUT2D eigenvalue weighted by molar-refractivity contribution is 7.88. The number of nitrogens with zero attached hydrogens (tertiary/aromatic N) is 3. The second-order valence-electron chi connectivity index (χ2n) is 5.44. The minimum absolute atomic E-state index is 0.0335. The maximum Gasteiger partial charge on any atom is 0.352 e. The predicted octanol–water partition coefficient (Wildman–Crippen LogP) is -0.171. The van der Waals surface area contributed by atoms with Gasteiger partial charge in [-0.15, -0.1) is 0 Å². The third-order valence-electron chi connectivity index (χ3n) is 3.84. The van der Waals surface area contributed by atoms with Gasteiger partial charge >= 0.3 is 5.97 Å². The van der Waals surface area contributed by atoms with Crippen molar-refractivity contribution in [2.75, 3.05) is 25.9 Å². The number of rotatable bonds is 3. The number of sulfonamides is 1. The van der Waals surface area contributed by atoms with Gasteiger partial charge in [-0.3, -0.25) is 4.79 Å². The molecule has 2 heterocycles. The Balaban J connectivity index is 2.17. The van der Waals surface area contributed by atoms with Crippen molar-refractivity contribution in [1.29, 1.82) is 0 Å². The molecule has 1 amide bonds. The Hall–Kier alpha value is -1.87. The summed E-state index contributed by atoms with van der Waals surface area (Å²) < 4.78 is 26.0. The van der Waals surface area contributed by atoms with Crippen molar-refractivity contribution in [3.8, 4) is 0 Å². The van der Waals surface area contributed by atoms with Gasteiger partial charge in [0.15, 0.2) is 0 Å².